The molecule has 228 valence electrons. The standard InChI is InChI=1S/C46H26O2S/c1-2-12-27(13-3-1)42-36-24-25-38-44(35-19-8-10-20-37(35)47-38)45(36)48-46(42)43-33-17-6-4-15-31(33)41(32-16-5-7-18-34(32)43)28-22-23-30-29-14-9-11-21-39(29)49-40(30)26-28/h1-26H. The molecular formula is C46H26O2S. The summed E-state index contributed by atoms with van der Waals surface area (Å²) in [7, 11) is 0. The van der Waals surface area contributed by atoms with Crippen LogP contribution in [0, 0.1) is 0 Å². The molecule has 0 N–H and O–H groups in total. The molecule has 0 spiro atoms. The van der Waals surface area contributed by atoms with Crippen LogP contribution in [-0.4, -0.2) is 0 Å². The Balaban J connectivity index is 1.28. The van der Waals surface area contributed by atoms with Gasteiger partial charge >= 0.3 is 0 Å². The van der Waals surface area contributed by atoms with Crippen LogP contribution in [0.4, 0.5) is 0 Å². The first-order chi connectivity index (χ1) is 24.3. The van der Waals surface area contributed by atoms with Crippen molar-refractivity contribution in [3.05, 3.63) is 158 Å². The van der Waals surface area contributed by atoms with Gasteiger partial charge in [-0.3, -0.25) is 0 Å². The molecule has 2 nitrogen and oxygen atoms in total. The second kappa shape index (κ2) is 10.2. The van der Waals surface area contributed by atoms with Gasteiger partial charge in [0, 0.05) is 42.1 Å². The van der Waals surface area contributed by atoms with E-state index in [-0.39, 0.29) is 0 Å². The van der Waals surface area contributed by atoms with Crippen LogP contribution in [0.15, 0.2) is 167 Å². The lowest BCUT2D eigenvalue weighted by atomic mass is 9.86. The van der Waals surface area contributed by atoms with Gasteiger partial charge in [0.1, 0.15) is 22.5 Å². The quantitative estimate of drug-likeness (QED) is 0.179. The number of furan rings is 2. The molecule has 3 heteroatoms. The third kappa shape index (κ3) is 3.82. The summed E-state index contributed by atoms with van der Waals surface area (Å²) in [5.74, 6) is 0.873. The van der Waals surface area contributed by atoms with Gasteiger partial charge in [-0.05, 0) is 68.6 Å². The highest BCUT2D eigenvalue weighted by atomic mass is 32.1. The average Bonchev–Trinajstić information content (AvgIpc) is 3.85. The van der Waals surface area contributed by atoms with E-state index in [0.717, 1.165) is 66.1 Å². The summed E-state index contributed by atoms with van der Waals surface area (Å²) in [4.78, 5) is 0. The van der Waals surface area contributed by atoms with Crippen molar-refractivity contribution in [3.8, 4) is 33.6 Å². The van der Waals surface area contributed by atoms with Crippen molar-refractivity contribution in [1.29, 1.82) is 0 Å². The smallest absolute Gasteiger partial charge is 0.147 e. The molecule has 8 aromatic carbocycles. The highest BCUT2D eigenvalue weighted by Gasteiger charge is 2.26. The van der Waals surface area contributed by atoms with Gasteiger partial charge < -0.3 is 8.83 Å². The molecule has 0 atom stereocenters. The predicted octanol–water partition coefficient (Wildman–Crippen LogP) is 14.0. The van der Waals surface area contributed by atoms with E-state index < -0.39 is 0 Å². The fraction of sp³-hybridized carbons (Fsp3) is 0. The van der Waals surface area contributed by atoms with Gasteiger partial charge in [-0.15, -0.1) is 11.3 Å². The van der Waals surface area contributed by atoms with Gasteiger partial charge in [-0.1, -0.05) is 127 Å². The lowest BCUT2D eigenvalue weighted by Crippen LogP contribution is -1.91. The van der Waals surface area contributed by atoms with Crippen molar-refractivity contribution in [1.82, 2.24) is 0 Å². The highest BCUT2D eigenvalue weighted by molar-refractivity contribution is 7.25. The Hall–Kier alpha value is -6.16. The van der Waals surface area contributed by atoms with E-state index in [1.165, 1.54) is 42.1 Å². The number of para-hydroxylation sites is 1. The lowest BCUT2D eigenvalue weighted by molar-refractivity contribution is 0.636. The SMILES string of the molecule is c1ccc(-c2c(-c3c4ccccc4c(-c4ccc5c(c4)sc4ccccc45)c4ccccc34)oc3c2ccc2oc4ccccc4c23)cc1. The maximum absolute atomic E-state index is 7.21. The van der Waals surface area contributed by atoms with Crippen LogP contribution in [0.2, 0.25) is 0 Å². The lowest BCUT2D eigenvalue weighted by Gasteiger charge is -2.17. The fourth-order valence-corrected chi connectivity index (χ4v) is 9.14. The van der Waals surface area contributed by atoms with Crippen LogP contribution in [0.5, 0.6) is 0 Å². The minimum atomic E-state index is 0.829. The summed E-state index contributed by atoms with van der Waals surface area (Å²) in [5.41, 5.74) is 8.33. The zero-order valence-electron chi connectivity index (χ0n) is 26.2. The van der Waals surface area contributed by atoms with Gasteiger partial charge in [0.05, 0.1) is 5.39 Å². The molecule has 11 rings (SSSR count). The number of thiophene rings is 1. The Morgan fingerprint density at radius 2 is 0.939 bits per heavy atom. The molecule has 0 aliphatic carbocycles. The summed E-state index contributed by atoms with van der Waals surface area (Å²) in [6, 6.07) is 56.4. The molecule has 3 aromatic heterocycles. The number of hydrogen-bond donors (Lipinski definition) is 0. The molecule has 11 aromatic rings. The zero-order valence-corrected chi connectivity index (χ0v) is 27.1. The Bertz CT molecular complexity index is 3050. The Morgan fingerprint density at radius 1 is 0.347 bits per heavy atom. The Kier molecular flexibility index (Phi) is 5.57. The predicted molar refractivity (Wildman–Crippen MR) is 208 cm³/mol. The van der Waals surface area contributed by atoms with E-state index in [9.17, 15) is 0 Å². The molecule has 0 unspecified atom stereocenters. The van der Waals surface area contributed by atoms with Crippen molar-refractivity contribution < 1.29 is 8.83 Å². The topological polar surface area (TPSA) is 26.3 Å². The first-order valence-electron chi connectivity index (χ1n) is 16.6. The largest absolute Gasteiger partial charge is 0.456 e. The molecule has 0 saturated carbocycles. The average molecular weight is 643 g/mol. The van der Waals surface area contributed by atoms with Crippen molar-refractivity contribution in [2.75, 3.05) is 0 Å². The van der Waals surface area contributed by atoms with Crippen LogP contribution in [0.3, 0.4) is 0 Å². The maximum atomic E-state index is 7.21. The van der Waals surface area contributed by atoms with Gasteiger partial charge in [0.15, 0.2) is 0 Å². The van der Waals surface area contributed by atoms with E-state index in [4.69, 9.17) is 8.83 Å². The van der Waals surface area contributed by atoms with Crippen molar-refractivity contribution in [2.45, 2.75) is 0 Å². The summed E-state index contributed by atoms with van der Waals surface area (Å²) in [5, 5.41) is 10.5. The normalized spacial score (nSPS) is 12.1. The number of fused-ring (bicyclic) bond motifs is 10. The van der Waals surface area contributed by atoms with Crippen LogP contribution >= 0.6 is 11.3 Å². The van der Waals surface area contributed by atoms with Gasteiger partial charge in [-0.2, -0.15) is 0 Å². The molecule has 0 aliphatic rings. The highest BCUT2D eigenvalue weighted by Crippen LogP contribution is 2.51. The molecule has 0 aliphatic heterocycles. The number of rotatable bonds is 3. The molecule has 0 saturated heterocycles. The van der Waals surface area contributed by atoms with Gasteiger partial charge in [-0.25, -0.2) is 0 Å². The summed E-state index contributed by atoms with van der Waals surface area (Å²) < 4.78 is 16.2. The van der Waals surface area contributed by atoms with E-state index in [2.05, 4.69) is 146 Å². The van der Waals surface area contributed by atoms with E-state index in [1.54, 1.807) is 0 Å². The van der Waals surface area contributed by atoms with Gasteiger partial charge in [0.2, 0.25) is 0 Å². The van der Waals surface area contributed by atoms with Crippen LogP contribution < -0.4 is 0 Å². The fourth-order valence-electron chi connectivity index (χ4n) is 8.00. The third-order valence-electron chi connectivity index (χ3n) is 10.1. The van der Waals surface area contributed by atoms with Crippen molar-refractivity contribution in [2.24, 2.45) is 0 Å². The minimum absolute atomic E-state index is 0.829. The molecular weight excluding hydrogens is 617 g/mol. The summed E-state index contributed by atoms with van der Waals surface area (Å²) >= 11 is 1.86. The van der Waals surface area contributed by atoms with E-state index in [1.807, 2.05) is 23.5 Å². The molecule has 3 heterocycles. The number of hydrogen-bond acceptors (Lipinski definition) is 3. The summed E-state index contributed by atoms with van der Waals surface area (Å²) in [6.07, 6.45) is 0. The molecule has 0 amide bonds. The van der Waals surface area contributed by atoms with Gasteiger partial charge in [0.25, 0.3) is 0 Å². The van der Waals surface area contributed by atoms with Crippen LogP contribution in [-0.2, 0) is 0 Å². The Labute approximate surface area is 285 Å². The molecule has 49 heavy (non-hydrogen) atoms. The molecule has 0 fully saturated rings. The maximum Gasteiger partial charge on any atom is 0.147 e. The van der Waals surface area contributed by atoms with Crippen LogP contribution in [0.1, 0.15) is 0 Å². The first kappa shape index (κ1) is 26.9. The second-order valence-corrected chi connectivity index (χ2v) is 13.8. The Morgan fingerprint density at radius 3 is 1.69 bits per heavy atom. The molecule has 0 radical (unpaired) electrons. The van der Waals surface area contributed by atoms with Crippen molar-refractivity contribution >= 4 is 86.0 Å². The van der Waals surface area contributed by atoms with Crippen LogP contribution in [0.25, 0.3) is 108 Å². The number of benzene rings is 8. The first-order valence-corrected chi connectivity index (χ1v) is 17.4. The van der Waals surface area contributed by atoms with Crippen molar-refractivity contribution in [3.63, 3.8) is 0 Å². The van der Waals surface area contributed by atoms with E-state index >= 15 is 0 Å². The summed E-state index contributed by atoms with van der Waals surface area (Å²) in [6.45, 7) is 0. The molecule has 0 bridgehead atoms. The minimum Gasteiger partial charge on any atom is -0.456 e. The van der Waals surface area contributed by atoms with E-state index in [0.29, 0.717) is 0 Å². The zero-order chi connectivity index (χ0) is 32.1. The third-order valence-corrected chi connectivity index (χ3v) is 11.2. The second-order valence-electron chi connectivity index (χ2n) is 12.7. The monoisotopic (exact) mass is 642 g/mol.